The van der Waals surface area contributed by atoms with E-state index in [4.69, 9.17) is 4.42 Å². The van der Waals surface area contributed by atoms with Crippen LogP contribution in [0.25, 0.3) is 0 Å². The van der Waals surface area contributed by atoms with Crippen molar-refractivity contribution < 1.29 is 18.4 Å². The van der Waals surface area contributed by atoms with Crippen molar-refractivity contribution in [2.24, 2.45) is 0 Å². The summed E-state index contributed by atoms with van der Waals surface area (Å²) >= 11 is 0. The first-order chi connectivity index (χ1) is 12.1. The zero-order chi connectivity index (χ0) is 17.6. The minimum Gasteiger partial charge on any atom is -0.459 e. The number of carbonyl (C=O) groups is 2. The predicted molar refractivity (Wildman–Crippen MR) is 89.8 cm³/mol. The summed E-state index contributed by atoms with van der Waals surface area (Å²) in [7, 11) is 0. The fourth-order valence-corrected chi connectivity index (χ4v) is 2.77. The average Bonchev–Trinajstić information content (AvgIpc) is 3.17. The van der Waals surface area contributed by atoms with Crippen molar-refractivity contribution in [3.05, 3.63) is 59.8 Å². The minimum atomic E-state index is -0.349. The van der Waals surface area contributed by atoms with Crippen LogP contribution in [-0.4, -0.2) is 60.9 Å². The van der Waals surface area contributed by atoms with Crippen LogP contribution in [0.2, 0.25) is 0 Å². The highest BCUT2D eigenvalue weighted by Crippen LogP contribution is 2.10. The van der Waals surface area contributed by atoms with E-state index in [9.17, 15) is 14.0 Å². The molecular weight excluding hydrogens is 325 g/mol. The Balaban J connectivity index is 1.40. The molecule has 25 heavy (non-hydrogen) atoms. The summed E-state index contributed by atoms with van der Waals surface area (Å²) in [5.74, 6) is -0.353. The Morgan fingerprint density at radius 3 is 2.44 bits per heavy atom. The molecule has 1 aromatic carbocycles. The lowest BCUT2D eigenvalue weighted by molar-refractivity contribution is 0.0637. The van der Waals surface area contributed by atoms with Gasteiger partial charge in [0.1, 0.15) is 5.82 Å². The van der Waals surface area contributed by atoms with Crippen LogP contribution in [0.3, 0.4) is 0 Å². The van der Waals surface area contributed by atoms with E-state index < -0.39 is 0 Å². The largest absolute Gasteiger partial charge is 0.459 e. The first-order valence-corrected chi connectivity index (χ1v) is 8.22. The number of furan rings is 1. The molecule has 0 bridgehead atoms. The summed E-state index contributed by atoms with van der Waals surface area (Å²) in [6.45, 7) is 3.94. The van der Waals surface area contributed by atoms with E-state index in [-0.39, 0.29) is 17.6 Å². The maximum absolute atomic E-state index is 12.9. The highest BCUT2D eigenvalue weighted by atomic mass is 19.1. The van der Waals surface area contributed by atoms with Gasteiger partial charge in [-0.25, -0.2) is 4.39 Å². The van der Waals surface area contributed by atoms with Gasteiger partial charge in [0.05, 0.1) is 6.26 Å². The summed E-state index contributed by atoms with van der Waals surface area (Å²) in [5, 5.41) is 2.81. The normalized spacial score (nSPS) is 15.2. The summed E-state index contributed by atoms with van der Waals surface area (Å²) in [5.41, 5.74) is 0.501. The molecule has 2 aromatic rings. The number of carbonyl (C=O) groups excluding carboxylic acids is 2. The van der Waals surface area contributed by atoms with Gasteiger partial charge in [0.25, 0.3) is 11.8 Å². The quantitative estimate of drug-likeness (QED) is 0.894. The van der Waals surface area contributed by atoms with Crippen LogP contribution in [-0.2, 0) is 0 Å². The first kappa shape index (κ1) is 17.2. The van der Waals surface area contributed by atoms with Crippen LogP contribution >= 0.6 is 0 Å². The number of benzene rings is 1. The smallest absolute Gasteiger partial charge is 0.287 e. The lowest BCUT2D eigenvalue weighted by Crippen LogP contribution is -2.50. The minimum absolute atomic E-state index is 0.0780. The molecule has 2 heterocycles. The topological polar surface area (TPSA) is 65.8 Å². The second kappa shape index (κ2) is 7.94. The zero-order valence-corrected chi connectivity index (χ0v) is 13.8. The van der Waals surface area contributed by atoms with Crippen molar-refractivity contribution in [1.82, 2.24) is 15.1 Å². The van der Waals surface area contributed by atoms with Gasteiger partial charge in [-0.1, -0.05) is 0 Å². The Kier molecular flexibility index (Phi) is 5.45. The maximum atomic E-state index is 12.9. The van der Waals surface area contributed by atoms with Crippen LogP contribution in [0.1, 0.15) is 20.9 Å². The molecule has 0 spiro atoms. The third-order valence-electron chi connectivity index (χ3n) is 4.21. The summed E-state index contributed by atoms with van der Waals surface area (Å²) < 4.78 is 18.0. The Bertz CT molecular complexity index is 708. The molecule has 1 fully saturated rings. The zero-order valence-electron chi connectivity index (χ0n) is 13.8. The van der Waals surface area contributed by atoms with Gasteiger partial charge < -0.3 is 14.6 Å². The van der Waals surface area contributed by atoms with Gasteiger partial charge in [0, 0.05) is 44.8 Å². The highest BCUT2D eigenvalue weighted by Gasteiger charge is 2.22. The van der Waals surface area contributed by atoms with Gasteiger partial charge in [-0.15, -0.1) is 0 Å². The molecule has 0 saturated carbocycles. The van der Waals surface area contributed by atoms with Gasteiger partial charge in [0.15, 0.2) is 5.76 Å². The standard InChI is InChI=1S/C18H20FN3O3/c19-15-5-3-14(4-6-15)18(24)22-11-9-21(10-12-22)8-7-20-17(23)16-2-1-13-25-16/h1-6,13H,7-12H2,(H,20,23). The van der Waals surface area contributed by atoms with Gasteiger partial charge in [-0.05, 0) is 36.4 Å². The molecule has 7 heteroatoms. The number of halogens is 1. The van der Waals surface area contributed by atoms with Crippen molar-refractivity contribution in [3.63, 3.8) is 0 Å². The molecule has 3 rings (SSSR count). The molecule has 6 nitrogen and oxygen atoms in total. The van der Waals surface area contributed by atoms with Crippen molar-refractivity contribution in [3.8, 4) is 0 Å². The number of hydrogen-bond donors (Lipinski definition) is 1. The van der Waals surface area contributed by atoms with Crippen molar-refractivity contribution in [1.29, 1.82) is 0 Å². The van der Waals surface area contributed by atoms with Crippen LogP contribution in [0, 0.1) is 5.82 Å². The van der Waals surface area contributed by atoms with Crippen LogP contribution in [0.4, 0.5) is 4.39 Å². The van der Waals surface area contributed by atoms with E-state index in [1.165, 1.54) is 30.5 Å². The molecular formula is C18H20FN3O3. The number of nitrogens with one attached hydrogen (secondary N) is 1. The molecule has 0 aliphatic carbocycles. The molecule has 1 saturated heterocycles. The molecule has 1 aliphatic heterocycles. The summed E-state index contributed by atoms with van der Waals surface area (Å²) in [6, 6.07) is 8.90. The van der Waals surface area contributed by atoms with E-state index in [0.717, 1.165) is 13.1 Å². The molecule has 0 atom stereocenters. The van der Waals surface area contributed by atoms with Crippen molar-refractivity contribution in [2.75, 3.05) is 39.3 Å². The van der Waals surface area contributed by atoms with Crippen LogP contribution in [0.5, 0.6) is 0 Å². The molecule has 0 radical (unpaired) electrons. The van der Waals surface area contributed by atoms with Crippen molar-refractivity contribution >= 4 is 11.8 Å². The van der Waals surface area contributed by atoms with Crippen LogP contribution < -0.4 is 5.32 Å². The fourth-order valence-electron chi connectivity index (χ4n) is 2.77. The van der Waals surface area contributed by atoms with Gasteiger partial charge in [0.2, 0.25) is 0 Å². The third kappa shape index (κ3) is 4.45. The molecule has 132 valence electrons. The van der Waals surface area contributed by atoms with E-state index in [2.05, 4.69) is 10.2 Å². The van der Waals surface area contributed by atoms with E-state index >= 15 is 0 Å². The summed E-state index contributed by atoms with van der Waals surface area (Å²) in [4.78, 5) is 28.1. The molecule has 1 N–H and O–H groups in total. The SMILES string of the molecule is O=C(NCCN1CCN(C(=O)c2ccc(F)cc2)CC1)c1ccco1. The highest BCUT2D eigenvalue weighted by molar-refractivity contribution is 5.94. The number of nitrogens with zero attached hydrogens (tertiary/aromatic N) is 2. The third-order valence-corrected chi connectivity index (χ3v) is 4.21. The first-order valence-electron chi connectivity index (χ1n) is 8.22. The Labute approximate surface area is 145 Å². The average molecular weight is 345 g/mol. The summed E-state index contributed by atoms with van der Waals surface area (Å²) in [6.07, 6.45) is 1.46. The van der Waals surface area contributed by atoms with E-state index in [1.807, 2.05) is 0 Å². The molecule has 1 aliphatic rings. The Morgan fingerprint density at radius 1 is 1.08 bits per heavy atom. The molecule has 2 amide bonds. The van der Waals surface area contributed by atoms with E-state index in [0.29, 0.717) is 37.5 Å². The molecule has 1 aromatic heterocycles. The predicted octanol–water partition coefficient (Wildman–Crippen LogP) is 1.61. The van der Waals surface area contributed by atoms with Gasteiger partial charge in [-0.2, -0.15) is 0 Å². The van der Waals surface area contributed by atoms with Crippen molar-refractivity contribution in [2.45, 2.75) is 0 Å². The number of piperazine rings is 1. The lowest BCUT2D eigenvalue weighted by Gasteiger charge is -2.34. The second-order valence-electron chi connectivity index (χ2n) is 5.87. The van der Waals surface area contributed by atoms with Gasteiger partial charge in [-0.3, -0.25) is 14.5 Å². The van der Waals surface area contributed by atoms with E-state index in [1.54, 1.807) is 17.0 Å². The Morgan fingerprint density at radius 2 is 1.80 bits per heavy atom. The lowest BCUT2D eigenvalue weighted by atomic mass is 10.2. The monoisotopic (exact) mass is 345 g/mol. The van der Waals surface area contributed by atoms with Crippen LogP contribution in [0.15, 0.2) is 47.1 Å². The Hall–Kier alpha value is -2.67. The maximum Gasteiger partial charge on any atom is 0.287 e. The molecule has 0 unspecified atom stereocenters. The number of hydrogen-bond acceptors (Lipinski definition) is 4. The van der Waals surface area contributed by atoms with Gasteiger partial charge >= 0.3 is 0 Å². The number of rotatable bonds is 5. The second-order valence-corrected chi connectivity index (χ2v) is 5.87. The fraction of sp³-hybridized carbons (Fsp3) is 0.333. The number of amides is 2.